The molecule has 16 heavy (non-hydrogen) atoms. The van der Waals surface area contributed by atoms with E-state index in [0.29, 0.717) is 0 Å². The standard InChI is InChI=1S/C11H13FN2OS/c12-7-3-1-4-8(13)10(7)14-11(15)9-5-2-6-16-9/h1,3-4,9H,2,5-6,13H2,(H,14,15). The number of hydrogen-bond acceptors (Lipinski definition) is 3. The van der Waals surface area contributed by atoms with Crippen molar-refractivity contribution in [1.82, 2.24) is 0 Å². The third-order valence-corrected chi connectivity index (χ3v) is 3.89. The predicted octanol–water partition coefficient (Wildman–Crippen LogP) is 2.24. The summed E-state index contributed by atoms with van der Waals surface area (Å²) in [5, 5.41) is 2.49. The van der Waals surface area contributed by atoms with E-state index in [1.54, 1.807) is 17.8 Å². The number of thioether (sulfide) groups is 1. The van der Waals surface area contributed by atoms with E-state index in [1.807, 2.05) is 0 Å². The van der Waals surface area contributed by atoms with Gasteiger partial charge >= 0.3 is 0 Å². The average molecular weight is 240 g/mol. The summed E-state index contributed by atoms with van der Waals surface area (Å²) >= 11 is 1.61. The van der Waals surface area contributed by atoms with Gasteiger partial charge in [0.05, 0.1) is 10.9 Å². The Labute approximate surface area is 97.6 Å². The third kappa shape index (κ3) is 2.29. The van der Waals surface area contributed by atoms with E-state index < -0.39 is 5.82 Å². The van der Waals surface area contributed by atoms with E-state index in [1.165, 1.54) is 12.1 Å². The Morgan fingerprint density at radius 3 is 3.00 bits per heavy atom. The first-order valence-electron chi connectivity index (χ1n) is 5.15. The summed E-state index contributed by atoms with van der Waals surface area (Å²) in [5.41, 5.74) is 5.96. The smallest absolute Gasteiger partial charge is 0.237 e. The molecule has 1 aliphatic heterocycles. The van der Waals surface area contributed by atoms with Gasteiger partial charge in [-0.15, -0.1) is 11.8 Å². The molecule has 0 aromatic heterocycles. The summed E-state index contributed by atoms with van der Waals surface area (Å²) < 4.78 is 13.4. The molecular formula is C11H13FN2OS. The van der Waals surface area contributed by atoms with Crippen molar-refractivity contribution in [3.05, 3.63) is 24.0 Å². The van der Waals surface area contributed by atoms with Crippen LogP contribution in [0.1, 0.15) is 12.8 Å². The van der Waals surface area contributed by atoms with Crippen LogP contribution in [0, 0.1) is 5.82 Å². The molecule has 0 aliphatic carbocycles. The summed E-state index contributed by atoms with van der Waals surface area (Å²) in [6.07, 6.45) is 1.89. The molecule has 1 unspecified atom stereocenters. The van der Waals surface area contributed by atoms with Gasteiger partial charge in [-0.2, -0.15) is 0 Å². The molecule has 1 saturated heterocycles. The molecule has 3 nitrogen and oxygen atoms in total. The number of amides is 1. The number of carbonyl (C=O) groups excluding carboxylic acids is 1. The molecule has 0 spiro atoms. The van der Waals surface area contributed by atoms with Crippen LogP contribution in [0.2, 0.25) is 0 Å². The molecule has 1 amide bonds. The molecule has 1 heterocycles. The number of rotatable bonds is 2. The normalized spacial score (nSPS) is 19.7. The first-order chi connectivity index (χ1) is 7.68. The molecule has 5 heteroatoms. The van der Waals surface area contributed by atoms with Gasteiger partial charge < -0.3 is 11.1 Å². The molecule has 0 radical (unpaired) electrons. The highest BCUT2D eigenvalue weighted by Crippen LogP contribution is 2.29. The van der Waals surface area contributed by atoms with Crippen LogP contribution in [0.5, 0.6) is 0 Å². The Kier molecular flexibility index (Phi) is 3.33. The third-order valence-electron chi connectivity index (χ3n) is 2.52. The van der Waals surface area contributed by atoms with E-state index >= 15 is 0 Å². The van der Waals surface area contributed by atoms with Crippen molar-refractivity contribution >= 4 is 29.0 Å². The van der Waals surface area contributed by atoms with E-state index in [0.717, 1.165) is 18.6 Å². The van der Waals surface area contributed by atoms with E-state index in [-0.39, 0.29) is 22.5 Å². The fourth-order valence-corrected chi connectivity index (χ4v) is 2.82. The Hall–Kier alpha value is -1.23. The molecule has 1 aromatic carbocycles. The lowest BCUT2D eigenvalue weighted by Crippen LogP contribution is -2.24. The minimum Gasteiger partial charge on any atom is -0.397 e. The maximum absolute atomic E-state index is 13.4. The van der Waals surface area contributed by atoms with Gasteiger partial charge in [-0.25, -0.2) is 4.39 Å². The second-order valence-electron chi connectivity index (χ2n) is 3.69. The van der Waals surface area contributed by atoms with Crippen molar-refractivity contribution in [3.63, 3.8) is 0 Å². The number of anilines is 2. The summed E-state index contributed by atoms with van der Waals surface area (Å²) in [4.78, 5) is 11.8. The van der Waals surface area contributed by atoms with Gasteiger partial charge in [-0.05, 0) is 30.7 Å². The van der Waals surface area contributed by atoms with Crippen LogP contribution in [0.25, 0.3) is 0 Å². The van der Waals surface area contributed by atoms with Gasteiger partial charge in [0.2, 0.25) is 5.91 Å². The van der Waals surface area contributed by atoms with Crippen LogP contribution in [-0.2, 0) is 4.79 Å². The lowest BCUT2D eigenvalue weighted by molar-refractivity contribution is -0.115. The molecule has 86 valence electrons. The van der Waals surface area contributed by atoms with Crippen LogP contribution < -0.4 is 11.1 Å². The maximum atomic E-state index is 13.4. The molecule has 2 rings (SSSR count). The van der Waals surface area contributed by atoms with E-state index in [2.05, 4.69) is 5.32 Å². The number of nitrogens with two attached hydrogens (primary N) is 1. The highest BCUT2D eigenvalue weighted by Gasteiger charge is 2.24. The molecule has 3 N–H and O–H groups in total. The quantitative estimate of drug-likeness (QED) is 0.779. The summed E-state index contributed by atoms with van der Waals surface area (Å²) in [6.45, 7) is 0. The van der Waals surface area contributed by atoms with Crippen LogP contribution in [0.4, 0.5) is 15.8 Å². The number of halogens is 1. The lowest BCUT2D eigenvalue weighted by Gasteiger charge is -2.12. The second-order valence-corrected chi connectivity index (χ2v) is 5.01. The summed E-state index contributed by atoms with van der Waals surface area (Å²) in [6, 6.07) is 4.37. The van der Waals surface area contributed by atoms with Crippen LogP contribution in [0.15, 0.2) is 18.2 Å². The molecule has 0 bridgehead atoms. The van der Waals surface area contributed by atoms with Gasteiger partial charge in [0, 0.05) is 0 Å². The lowest BCUT2D eigenvalue weighted by atomic mass is 10.2. The number of nitrogen functional groups attached to an aromatic ring is 1. The maximum Gasteiger partial charge on any atom is 0.237 e. The van der Waals surface area contributed by atoms with Crippen molar-refractivity contribution in [2.24, 2.45) is 0 Å². The highest BCUT2D eigenvalue weighted by molar-refractivity contribution is 8.00. The fraction of sp³-hybridized carbons (Fsp3) is 0.364. The van der Waals surface area contributed by atoms with Crippen molar-refractivity contribution in [2.45, 2.75) is 18.1 Å². The number of carbonyl (C=O) groups is 1. The fourth-order valence-electron chi connectivity index (χ4n) is 1.66. The highest BCUT2D eigenvalue weighted by atomic mass is 32.2. The average Bonchev–Trinajstić information content (AvgIpc) is 2.76. The van der Waals surface area contributed by atoms with Gasteiger partial charge in [-0.3, -0.25) is 4.79 Å². The van der Waals surface area contributed by atoms with Crippen molar-refractivity contribution in [2.75, 3.05) is 16.8 Å². The van der Waals surface area contributed by atoms with Crippen molar-refractivity contribution < 1.29 is 9.18 Å². The van der Waals surface area contributed by atoms with Crippen molar-refractivity contribution in [1.29, 1.82) is 0 Å². The van der Waals surface area contributed by atoms with Crippen LogP contribution >= 0.6 is 11.8 Å². The SMILES string of the molecule is Nc1cccc(F)c1NC(=O)C1CCCS1. The van der Waals surface area contributed by atoms with E-state index in [4.69, 9.17) is 5.73 Å². The first kappa shape index (κ1) is 11.3. The molecular weight excluding hydrogens is 227 g/mol. The minimum atomic E-state index is -0.489. The summed E-state index contributed by atoms with van der Waals surface area (Å²) in [5.74, 6) is 0.348. The molecule has 1 aromatic rings. The van der Waals surface area contributed by atoms with Crippen LogP contribution in [-0.4, -0.2) is 16.9 Å². The van der Waals surface area contributed by atoms with Gasteiger partial charge in [0.25, 0.3) is 0 Å². The molecule has 1 fully saturated rings. The first-order valence-corrected chi connectivity index (χ1v) is 6.20. The van der Waals surface area contributed by atoms with Gasteiger partial charge in [0.1, 0.15) is 11.5 Å². The number of benzene rings is 1. The number of nitrogens with one attached hydrogen (secondary N) is 1. The summed E-state index contributed by atoms with van der Waals surface area (Å²) in [7, 11) is 0. The molecule has 0 saturated carbocycles. The number of hydrogen-bond donors (Lipinski definition) is 2. The van der Waals surface area contributed by atoms with Gasteiger partial charge in [0.15, 0.2) is 0 Å². The predicted molar refractivity (Wildman–Crippen MR) is 64.9 cm³/mol. The Balaban J connectivity index is 2.11. The molecule has 1 aliphatic rings. The van der Waals surface area contributed by atoms with E-state index in [9.17, 15) is 9.18 Å². The zero-order valence-electron chi connectivity index (χ0n) is 8.70. The second kappa shape index (κ2) is 4.74. The topological polar surface area (TPSA) is 55.1 Å². The zero-order chi connectivity index (χ0) is 11.5. The van der Waals surface area contributed by atoms with Crippen molar-refractivity contribution in [3.8, 4) is 0 Å². The minimum absolute atomic E-state index is 0.0704. The van der Waals surface area contributed by atoms with Gasteiger partial charge in [-0.1, -0.05) is 6.07 Å². The number of para-hydroxylation sites is 1. The van der Waals surface area contributed by atoms with Crippen LogP contribution in [0.3, 0.4) is 0 Å². The molecule has 1 atom stereocenters. The Bertz CT molecular complexity index is 385. The Morgan fingerprint density at radius 1 is 1.56 bits per heavy atom. The monoisotopic (exact) mass is 240 g/mol. The Morgan fingerprint density at radius 2 is 2.38 bits per heavy atom. The zero-order valence-corrected chi connectivity index (χ0v) is 9.52. The largest absolute Gasteiger partial charge is 0.397 e.